The van der Waals surface area contributed by atoms with Crippen molar-refractivity contribution in [3.05, 3.63) is 0 Å². The molecule has 1 saturated carbocycles. The average molecular weight is 337 g/mol. The van der Waals surface area contributed by atoms with Crippen molar-refractivity contribution in [1.82, 2.24) is 10.6 Å². The van der Waals surface area contributed by atoms with Crippen LogP contribution in [0.3, 0.4) is 0 Å². The largest absolute Gasteiger partial charge is 0.312 e. The second kappa shape index (κ2) is 12.3. The maximum Gasteiger partial charge on any atom is 0.0252 e. The van der Waals surface area contributed by atoms with E-state index in [0.717, 1.165) is 17.9 Å². The molecule has 1 aliphatic carbocycles. The molecule has 2 aliphatic rings. The second-order valence-electron chi connectivity index (χ2n) is 8.45. The Labute approximate surface area is 151 Å². The van der Waals surface area contributed by atoms with Gasteiger partial charge in [0.15, 0.2) is 0 Å². The zero-order chi connectivity index (χ0) is 17.0. The smallest absolute Gasteiger partial charge is 0.0252 e. The maximum absolute atomic E-state index is 3.93. The molecule has 2 heteroatoms. The lowest BCUT2D eigenvalue weighted by atomic mass is 9.69. The Morgan fingerprint density at radius 3 is 2.42 bits per heavy atom. The van der Waals surface area contributed by atoms with Gasteiger partial charge in [-0.15, -0.1) is 0 Å². The molecule has 0 radical (unpaired) electrons. The van der Waals surface area contributed by atoms with Crippen molar-refractivity contribution in [3.63, 3.8) is 0 Å². The van der Waals surface area contributed by atoms with Gasteiger partial charge in [-0.25, -0.2) is 0 Å². The molecular weight excluding hydrogens is 292 g/mol. The molecule has 1 aliphatic heterocycles. The van der Waals surface area contributed by atoms with Gasteiger partial charge in [0.1, 0.15) is 0 Å². The Morgan fingerprint density at radius 2 is 1.62 bits per heavy atom. The fourth-order valence-corrected chi connectivity index (χ4v) is 5.15. The summed E-state index contributed by atoms with van der Waals surface area (Å²) in [5.41, 5.74) is 0. The van der Waals surface area contributed by atoms with Crippen LogP contribution >= 0.6 is 0 Å². The molecule has 0 amide bonds. The topological polar surface area (TPSA) is 24.1 Å². The van der Waals surface area contributed by atoms with Crippen LogP contribution in [0.15, 0.2) is 0 Å². The summed E-state index contributed by atoms with van der Waals surface area (Å²) >= 11 is 0. The van der Waals surface area contributed by atoms with E-state index in [-0.39, 0.29) is 0 Å². The van der Waals surface area contributed by atoms with E-state index in [1.165, 1.54) is 103 Å². The molecule has 0 bridgehead atoms. The molecule has 1 heterocycles. The van der Waals surface area contributed by atoms with Gasteiger partial charge in [-0.3, -0.25) is 0 Å². The summed E-state index contributed by atoms with van der Waals surface area (Å²) in [7, 11) is 0. The van der Waals surface area contributed by atoms with Gasteiger partial charge in [0.25, 0.3) is 0 Å². The number of nitrogens with one attached hydrogen (secondary N) is 2. The number of unbranched alkanes of at least 4 members (excludes halogenated alkanes) is 6. The summed E-state index contributed by atoms with van der Waals surface area (Å²) < 4.78 is 0. The van der Waals surface area contributed by atoms with Crippen LogP contribution in [-0.2, 0) is 0 Å². The normalized spacial score (nSPS) is 28.5. The fourth-order valence-electron chi connectivity index (χ4n) is 5.15. The third-order valence-electron chi connectivity index (χ3n) is 6.53. The van der Waals surface area contributed by atoms with Crippen molar-refractivity contribution in [3.8, 4) is 0 Å². The molecule has 142 valence electrons. The zero-order valence-electron chi connectivity index (χ0n) is 16.6. The van der Waals surface area contributed by atoms with Gasteiger partial charge < -0.3 is 10.6 Å². The van der Waals surface area contributed by atoms with Gasteiger partial charge in [0, 0.05) is 12.1 Å². The first-order valence-corrected chi connectivity index (χ1v) is 11.3. The highest BCUT2D eigenvalue weighted by Crippen LogP contribution is 2.38. The van der Waals surface area contributed by atoms with E-state index >= 15 is 0 Å². The van der Waals surface area contributed by atoms with E-state index in [2.05, 4.69) is 24.5 Å². The highest BCUT2D eigenvalue weighted by atomic mass is 15.0. The minimum Gasteiger partial charge on any atom is -0.312 e. The Morgan fingerprint density at radius 1 is 0.875 bits per heavy atom. The summed E-state index contributed by atoms with van der Waals surface area (Å²) in [4.78, 5) is 0. The molecule has 0 aromatic carbocycles. The van der Waals surface area contributed by atoms with E-state index < -0.39 is 0 Å². The Bertz CT molecular complexity index is 302. The number of hydrogen-bond acceptors (Lipinski definition) is 2. The van der Waals surface area contributed by atoms with Crippen molar-refractivity contribution >= 4 is 0 Å². The first-order chi connectivity index (χ1) is 11.9. The molecule has 4 atom stereocenters. The minimum atomic E-state index is 0.714. The van der Waals surface area contributed by atoms with E-state index in [1.54, 1.807) is 0 Å². The summed E-state index contributed by atoms with van der Waals surface area (Å²) in [6, 6.07) is 1.46. The molecule has 0 aromatic rings. The van der Waals surface area contributed by atoms with E-state index in [9.17, 15) is 0 Å². The van der Waals surface area contributed by atoms with E-state index in [4.69, 9.17) is 0 Å². The summed E-state index contributed by atoms with van der Waals surface area (Å²) in [5.74, 6) is 1.97. The molecule has 2 N–H and O–H groups in total. The summed E-state index contributed by atoms with van der Waals surface area (Å²) in [6.07, 6.45) is 20.0. The van der Waals surface area contributed by atoms with Crippen LogP contribution in [0.5, 0.6) is 0 Å². The number of fused-ring (bicyclic) bond motifs is 1. The molecule has 2 nitrogen and oxygen atoms in total. The standard InChI is InChI=1S/C22H44N2/c1-3-5-6-7-8-9-10-15-21(23-17-4-2)22-20-14-12-11-13-19(20)16-18-24-22/h19-24H,3-18H2,1-2H3. The summed E-state index contributed by atoms with van der Waals surface area (Å²) in [5, 5.41) is 7.85. The van der Waals surface area contributed by atoms with Crippen LogP contribution in [-0.4, -0.2) is 25.2 Å². The van der Waals surface area contributed by atoms with Crippen LogP contribution in [0.2, 0.25) is 0 Å². The van der Waals surface area contributed by atoms with Crippen molar-refractivity contribution in [2.45, 2.75) is 116 Å². The van der Waals surface area contributed by atoms with Crippen LogP contribution in [0.1, 0.15) is 104 Å². The predicted octanol–water partition coefficient (Wildman–Crippen LogP) is 5.66. The van der Waals surface area contributed by atoms with Crippen LogP contribution in [0, 0.1) is 11.8 Å². The Balaban J connectivity index is 1.76. The minimum absolute atomic E-state index is 0.714. The SMILES string of the molecule is CCCCCCCCCC(NCCC)C1NCCC2CCCCC21. The first kappa shape index (κ1) is 20.2. The van der Waals surface area contributed by atoms with Crippen LogP contribution in [0.4, 0.5) is 0 Å². The summed E-state index contributed by atoms with van der Waals surface area (Å²) in [6.45, 7) is 7.05. The number of hydrogen-bond donors (Lipinski definition) is 2. The van der Waals surface area contributed by atoms with Crippen molar-refractivity contribution in [2.75, 3.05) is 13.1 Å². The Hall–Kier alpha value is -0.0800. The molecular formula is C22H44N2. The van der Waals surface area contributed by atoms with E-state index in [0.29, 0.717) is 6.04 Å². The van der Waals surface area contributed by atoms with Gasteiger partial charge in [-0.2, -0.15) is 0 Å². The molecule has 0 spiro atoms. The number of piperidine rings is 1. The number of rotatable bonds is 12. The molecule has 1 saturated heterocycles. The average Bonchev–Trinajstić information content (AvgIpc) is 2.63. The molecule has 4 unspecified atom stereocenters. The van der Waals surface area contributed by atoms with Crippen molar-refractivity contribution < 1.29 is 0 Å². The van der Waals surface area contributed by atoms with Gasteiger partial charge in [-0.05, 0) is 50.6 Å². The second-order valence-corrected chi connectivity index (χ2v) is 8.45. The van der Waals surface area contributed by atoms with Gasteiger partial charge in [-0.1, -0.05) is 78.1 Å². The highest BCUT2D eigenvalue weighted by molar-refractivity contribution is 4.95. The molecule has 0 aromatic heterocycles. The Kier molecular flexibility index (Phi) is 10.4. The highest BCUT2D eigenvalue weighted by Gasteiger charge is 2.38. The van der Waals surface area contributed by atoms with Gasteiger partial charge >= 0.3 is 0 Å². The fraction of sp³-hybridized carbons (Fsp3) is 1.00. The molecule has 2 fully saturated rings. The third-order valence-corrected chi connectivity index (χ3v) is 6.53. The molecule has 24 heavy (non-hydrogen) atoms. The third kappa shape index (κ3) is 6.67. The maximum atomic E-state index is 3.93. The lowest BCUT2D eigenvalue weighted by molar-refractivity contribution is 0.107. The van der Waals surface area contributed by atoms with Crippen LogP contribution in [0.25, 0.3) is 0 Å². The predicted molar refractivity (Wildman–Crippen MR) is 107 cm³/mol. The lowest BCUT2D eigenvalue weighted by Crippen LogP contribution is -2.57. The van der Waals surface area contributed by atoms with Gasteiger partial charge in [0.05, 0.1) is 0 Å². The van der Waals surface area contributed by atoms with Gasteiger partial charge in [0.2, 0.25) is 0 Å². The molecule has 2 rings (SSSR count). The van der Waals surface area contributed by atoms with Crippen molar-refractivity contribution in [2.24, 2.45) is 11.8 Å². The lowest BCUT2D eigenvalue weighted by Gasteiger charge is -2.45. The quantitative estimate of drug-likeness (QED) is 0.449. The zero-order valence-corrected chi connectivity index (χ0v) is 16.6. The first-order valence-electron chi connectivity index (χ1n) is 11.3. The van der Waals surface area contributed by atoms with Crippen molar-refractivity contribution in [1.29, 1.82) is 0 Å². The monoisotopic (exact) mass is 336 g/mol. The van der Waals surface area contributed by atoms with Crippen LogP contribution < -0.4 is 10.6 Å². The van der Waals surface area contributed by atoms with E-state index in [1.807, 2.05) is 0 Å².